The van der Waals surface area contributed by atoms with Gasteiger partial charge in [0.25, 0.3) is 0 Å². The van der Waals surface area contributed by atoms with Gasteiger partial charge in [0.15, 0.2) is 0 Å². The molecule has 0 aliphatic carbocycles. The molecule has 2 rings (SSSR count). The fourth-order valence-corrected chi connectivity index (χ4v) is 3.64. The molecule has 8 heteroatoms. The lowest BCUT2D eigenvalue weighted by atomic mass is 9.89. The van der Waals surface area contributed by atoms with Gasteiger partial charge in [-0.2, -0.15) is 4.31 Å². The highest BCUT2D eigenvalue weighted by Gasteiger charge is 2.38. The molecule has 1 amide bonds. The number of piperidine rings is 1. The summed E-state index contributed by atoms with van der Waals surface area (Å²) in [4.78, 5) is 14.3. The van der Waals surface area contributed by atoms with Crippen LogP contribution in [0, 0.1) is 0 Å². The summed E-state index contributed by atoms with van der Waals surface area (Å²) in [6.45, 7) is 4.62. The average Bonchev–Trinajstić information content (AvgIpc) is 2.38. The first-order valence-electron chi connectivity index (χ1n) is 6.82. The largest absolute Gasteiger partial charge is 0.338 e. The molecule has 0 radical (unpaired) electrons. The number of sulfonamides is 1. The number of rotatable bonds is 2. The van der Waals surface area contributed by atoms with E-state index in [2.05, 4.69) is 5.32 Å². The van der Waals surface area contributed by atoms with Crippen LogP contribution in [0.1, 0.15) is 26.2 Å². The van der Waals surface area contributed by atoms with Crippen molar-refractivity contribution in [1.29, 1.82) is 0 Å². The fraction of sp³-hybridized carbons (Fsp3) is 0.917. The minimum absolute atomic E-state index is 0. The number of nitrogens with one attached hydrogen (secondary N) is 1. The van der Waals surface area contributed by atoms with Gasteiger partial charge in [-0.05, 0) is 32.7 Å². The smallest absolute Gasteiger partial charge is 0.242 e. The summed E-state index contributed by atoms with van der Waals surface area (Å²) in [5, 5.41) is 3.31. The number of piperazine rings is 1. The van der Waals surface area contributed by atoms with Gasteiger partial charge >= 0.3 is 0 Å². The van der Waals surface area contributed by atoms with Crippen LogP contribution in [0.3, 0.4) is 0 Å². The minimum atomic E-state index is -3.14. The topological polar surface area (TPSA) is 69.7 Å². The Morgan fingerprint density at radius 3 is 2.20 bits per heavy atom. The van der Waals surface area contributed by atoms with Crippen molar-refractivity contribution in [3.8, 4) is 0 Å². The van der Waals surface area contributed by atoms with Gasteiger partial charge in [-0.3, -0.25) is 4.79 Å². The molecule has 1 atom stereocenters. The van der Waals surface area contributed by atoms with Gasteiger partial charge in [0.05, 0.1) is 11.8 Å². The summed E-state index contributed by atoms with van der Waals surface area (Å²) in [7, 11) is -3.14. The van der Waals surface area contributed by atoms with Crippen LogP contribution in [0.25, 0.3) is 0 Å². The summed E-state index contributed by atoms with van der Waals surface area (Å²) in [5.74, 6) is 0.111. The maximum Gasteiger partial charge on any atom is 0.242 e. The number of hydrogen-bond donors (Lipinski definition) is 1. The Morgan fingerprint density at radius 1 is 1.15 bits per heavy atom. The third kappa shape index (κ3) is 3.84. The molecule has 1 unspecified atom stereocenters. The van der Waals surface area contributed by atoms with E-state index in [4.69, 9.17) is 0 Å². The van der Waals surface area contributed by atoms with E-state index < -0.39 is 15.6 Å². The Balaban J connectivity index is 0.00000200. The van der Waals surface area contributed by atoms with Gasteiger partial charge in [-0.1, -0.05) is 0 Å². The molecule has 1 N–H and O–H groups in total. The highest BCUT2D eigenvalue weighted by Crippen LogP contribution is 2.22. The Kier molecular flexibility index (Phi) is 5.83. The fourth-order valence-electron chi connectivity index (χ4n) is 2.81. The van der Waals surface area contributed by atoms with Crippen molar-refractivity contribution in [1.82, 2.24) is 14.5 Å². The summed E-state index contributed by atoms with van der Waals surface area (Å²) >= 11 is 0. The van der Waals surface area contributed by atoms with Crippen LogP contribution in [-0.4, -0.2) is 68.0 Å². The molecule has 0 aromatic carbocycles. The lowest BCUT2D eigenvalue weighted by Gasteiger charge is -2.41. The van der Waals surface area contributed by atoms with E-state index in [0.29, 0.717) is 26.2 Å². The zero-order valence-electron chi connectivity index (χ0n) is 12.1. The van der Waals surface area contributed by atoms with Crippen LogP contribution >= 0.6 is 12.4 Å². The van der Waals surface area contributed by atoms with E-state index >= 15 is 0 Å². The maximum absolute atomic E-state index is 12.5. The third-order valence-corrected chi connectivity index (χ3v) is 5.39. The van der Waals surface area contributed by atoms with E-state index in [1.807, 2.05) is 6.92 Å². The molecule has 20 heavy (non-hydrogen) atoms. The molecule has 2 fully saturated rings. The second-order valence-electron chi connectivity index (χ2n) is 5.67. The third-order valence-electron chi connectivity index (χ3n) is 4.09. The summed E-state index contributed by atoms with van der Waals surface area (Å²) < 4.78 is 24.3. The van der Waals surface area contributed by atoms with Gasteiger partial charge < -0.3 is 10.2 Å². The molecule has 2 aliphatic heterocycles. The van der Waals surface area contributed by atoms with Crippen LogP contribution in [0.4, 0.5) is 0 Å². The molecule has 6 nitrogen and oxygen atoms in total. The van der Waals surface area contributed by atoms with Crippen molar-refractivity contribution in [2.75, 3.05) is 39.0 Å². The quantitative estimate of drug-likeness (QED) is 0.778. The van der Waals surface area contributed by atoms with Crippen molar-refractivity contribution in [3.05, 3.63) is 0 Å². The minimum Gasteiger partial charge on any atom is -0.338 e. The molecule has 2 aliphatic rings. The standard InChI is InChI=1S/C12H23N3O3S.ClH/c1-12(5-3-4-6-13-12)11(16)14-7-9-15(10-8-14)19(2,17)18;/h13H,3-10H2,1-2H3;1H. The highest BCUT2D eigenvalue weighted by molar-refractivity contribution is 7.88. The molecule has 0 bridgehead atoms. The van der Waals surface area contributed by atoms with E-state index in [1.165, 1.54) is 10.6 Å². The van der Waals surface area contributed by atoms with Crippen LogP contribution in [-0.2, 0) is 14.8 Å². The SMILES string of the molecule is CC1(C(=O)N2CCN(S(C)(=O)=O)CC2)CCCCN1.Cl. The molecule has 0 aromatic heterocycles. The van der Waals surface area contributed by atoms with Crippen LogP contribution in [0.15, 0.2) is 0 Å². The molecular formula is C12H24ClN3O3S. The average molecular weight is 326 g/mol. The number of hydrogen-bond acceptors (Lipinski definition) is 4. The van der Waals surface area contributed by atoms with Gasteiger partial charge in [0, 0.05) is 26.2 Å². The second kappa shape index (κ2) is 6.60. The monoisotopic (exact) mass is 325 g/mol. The van der Waals surface area contributed by atoms with Crippen molar-refractivity contribution < 1.29 is 13.2 Å². The Hall–Kier alpha value is -0.370. The molecule has 118 valence electrons. The number of carbonyl (C=O) groups is 1. The zero-order valence-corrected chi connectivity index (χ0v) is 13.7. The maximum atomic E-state index is 12.5. The van der Waals surface area contributed by atoms with Crippen molar-refractivity contribution in [2.45, 2.75) is 31.7 Å². The summed E-state index contributed by atoms with van der Waals surface area (Å²) in [6.07, 6.45) is 4.26. The van der Waals surface area contributed by atoms with E-state index in [-0.39, 0.29) is 18.3 Å². The highest BCUT2D eigenvalue weighted by atomic mass is 35.5. The number of amides is 1. The molecule has 2 heterocycles. The Labute approximate surface area is 127 Å². The van der Waals surface area contributed by atoms with Crippen LogP contribution < -0.4 is 5.32 Å². The van der Waals surface area contributed by atoms with Gasteiger partial charge in [0.2, 0.25) is 15.9 Å². The number of halogens is 1. The van der Waals surface area contributed by atoms with Crippen molar-refractivity contribution >= 4 is 28.3 Å². The second-order valence-corrected chi connectivity index (χ2v) is 7.65. The molecule has 0 saturated carbocycles. The van der Waals surface area contributed by atoms with Gasteiger partial charge in [0.1, 0.15) is 0 Å². The van der Waals surface area contributed by atoms with Crippen molar-refractivity contribution in [2.24, 2.45) is 0 Å². The van der Waals surface area contributed by atoms with E-state index in [1.54, 1.807) is 4.90 Å². The molecular weight excluding hydrogens is 302 g/mol. The first-order chi connectivity index (χ1) is 8.83. The summed E-state index contributed by atoms with van der Waals surface area (Å²) in [5.41, 5.74) is -0.467. The van der Waals surface area contributed by atoms with E-state index in [0.717, 1.165) is 25.8 Å². The Morgan fingerprint density at radius 2 is 1.75 bits per heavy atom. The lowest BCUT2D eigenvalue weighted by Crippen LogP contribution is -2.61. The number of carbonyl (C=O) groups excluding carboxylic acids is 1. The van der Waals surface area contributed by atoms with Crippen LogP contribution in [0.2, 0.25) is 0 Å². The first kappa shape index (κ1) is 17.7. The lowest BCUT2D eigenvalue weighted by molar-refractivity contribution is -0.140. The number of nitrogens with zero attached hydrogens (tertiary/aromatic N) is 2. The molecule has 0 spiro atoms. The predicted octanol–water partition coefficient (Wildman–Crippen LogP) is 0.0442. The normalized spacial score (nSPS) is 28.8. The molecule has 0 aromatic rings. The van der Waals surface area contributed by atoms with Crippen LogP contribution in [0.5, 0.6) is 0 Å². The first-order valence-corrected chi connectivity index (χ1v) is 8.67. The van der Waals surface area contributed by atoms with Gasteiger partial charge in [-0.15, -0.1) is 12.4 Å². The Bertz CT molecular complexity index is 441. The molecule has 2 saturated heterocycles. The predicted molar refractivity (Wildman–Crippen MR) is 80.5 cm³/mol. The van der Waals surface area contributed by atoms with E-state index in [9.17, 15) is 13.2 Å². The summed E-state index contributed by atoms with van der Waals surface area (Å²) in [6, 6.07) is 0. The zero-order chi connectivity index (χ0) is 14.1. The van der Waals surface area contributed by atoms with Crippen molar-refractivity contribution in [3.63, 3.8) is 0 Å². The van der Waals surface area contributed by atoms with Gasteiger partial charge in [-0.25, -0.2) is 8.42 Å².